The normalized spacial score (nSPS) is 10.9. The van der Waals surface area contributed by atoms with Crippen LogP contribution in [0.4, 0.5) is 5.69 Å². The molecule has 0 atom stereocenters. The Bertz CT molecular complexity index is 1150. The maximum Gasteiger partial charge on any atom is 0.329 e. The standard InChI is InChI=1S/C23H23ClN4O3/c1-14-5-10-21(31-4)20(11-14)26-22(29)23(30)27-25-13-17-12-15(2)28(16(17)3)19-8-6-18(24)7-9-19/h5-13H,1-4H3,(H,26,29)(H,27,30)/b25-13-. The number of hydrogen-bond acceptors (Lipinski definition) is 4. The maximum absolute atomic E-state index is 12.2. The SMILES string of the molecule is COc1ccc(C)cc1NC(=O)C(=O)N/N=C\c1cc(C)n(-c2ccc(Cl)cc2)c1C. The van der Waals surface area contributed by atoms with Crippen molar-refractivity contribution in [2.24, 2.45) is 5.10 Å². The number of nitrogens with one attached hydrogen (secondary N) is 2. The maximum atomic E-state index is 12.2. The fraction of sp³-hybridized carbons (Fsp3) is 0.174. The second-order valence-corrected chi connectivity index (χ2v) is 7.43. The van der Waals surface area contributed by atoms with Gasteiger partial charge in [0.25, 0.3) is 0 Å². The zero-order valence-electron chi connectivity index (χ0n) is 17.7. The Labute approximate surface area is 185 Å². The number of hydrogen-bond donors (Lipinski definition) is 2. The summed E-state index contributed by atoms with van der Waals surface area (Å²) in [5.41, 5.74) is 7.31. The molecule has 0 aliphatic rings. The van der Waals surface area contributed by atoms with Crippen molar-refractivity contribution in [3.63, 3.8) is 0 Å². The number of amides is 2. The Hall–Kier alpha value is -3.58. The Morgan fingerprint density at radius 2 is 1.74 bits per heavy atom. The molecular formula is C23H23ClN4O3. The predicted molar refractivity (Wildman–Crippen MR) is 122 cm³/mol. The van der Waals surface area contributed by atoms with E-state index in [2.05, 4.69) is 20.4 Å². The molecule has 0 saturated carbocycles. The van der Waals surface area contributed by atoms with Crippen molar-refractivity contribution in [1.29, 1.82) is 0 Å². The Morgan fingerprint density at radius 3 is 2.42 bits per heavy atom. The zero-order valence-corrected chi connectivity index (χ0v) is 18.4. The van der Waals surface area contributed by atoms with Gasteiger partial charge >= 0.3 is 11.8 Å². The third kappa shape index (κ3) is 5.13. The van der Waals surface area contributed by atoms with Gasteiger partial charge in [0, 0.05) is 27.7 Å². The van der Waals surface area contributed by atoms with Crippen molar-refractivity contribution in [3.8, 4) is 11.4 Å². The number of carbonyl (C=O) groups is 2. The van der Waals surface area contributed by atoms with Crippen LogP contribution in [0.15, 0.2) is 53.6 Å². The number of benzene rings is 2. The molecule has 0 radical (unpaired) electrons. The van der Waals surface area contributed by atoms with E-state index >= 15 is 0 Å². The van der Waals surface area contributed by atoms with E-state index in [-0.39, 0.29) is 0 Å². The van der Waals surface area contributed by atoms with E-state index in [9.17, 15) is 9.59 Å². The zero-order chi connectivity index (χ0) is 22.5. The number of methoxy groups -OCH3 is 1. The molecule has 0 saturated heterocycles. The van der Waals surface area contributed by atoms with Crippen molar-refractivity contribution in [2.75, 3.05) is 12.4 Å². The molecule has 8 heteroatoms. The van der Waals surface area contributed by atoms with Crippen LogP contribution < -0.4 is 15.5 Å². The molecule has 7 nitrogen and oxygen atoms in total. The van der Waals surface area contributed by atoms with Gasteiger partial charge in [-0.2, -0.15) is 5.10 Å². The van der Waals surface area contributed by atoms with Gasteiger partial charge in [-0.1, -0.05) is 17.7 Å². The number of halogens is 1. The highest BCUT2D eigenvalue weighted by molar-refractivity contribution is 6.39. The topological polar surface area (TPSA) is 84.7 Å². The van der Waals surface area contributed by atoms with Crippen LogP contribution in [-0.4, -0.2) is 29.7 Å². The van der Waals surface area contributed by atoms with Crippen LogP contribution in [-0.2, 0) is 9.59 Å². The van der Waals surface area contributed by atoms with E-state index in [1.54, 1.807) is 12.1 Å². The van der Waals surface area contributed by atoms with Gasteiger partial charge in [0.05, 0.1) is 19.0 Å². The number of aromatic nitrogens is 1. The first-order valence-electron chi connectivity index (χ1n) is 9.54. The average Bonchev–Trinajstić information content (AvgIpc) is 3.02. The van der Waals surface area contributed by atoms with Gasteiger partial charge in [0.15, 0.2) is 0 Å². The first-order valence-corrected chi connectivity index (χ1v) is 9.92. The average molecular weight is 439 g/mol. The Kier molecular flexibility index (Phi) is 6.77. The molecule has 0 bridgehead atoms. The first kappa shape index (κ1) is 22.1. The lowest BCUT2D eigenvalue weighted by Gasteiger charge is -2.10. The molecule has 2 amide bonds. The number of carbonyl (C=O) groups excluding carboxylic acids is 2. The predicted octanol–water partition coefficient (Wildman–Crippen LogP) is 4.15. The summed E-state index contributed by atoms with van der Waals surface area (Å²) in [5.74, 6) is -1.26. The number of nitrogens with zero attached hydrogens (tertiary/aromatic N) is 2. The molecule has 160 valence electrons. The highest BCUT2D eigenvalue weighted by atomic mass is 35.5. The van der Waals surface area contributed by atoms with Crippen molar-refractivity contribution in [2.45, 2.75) is 20.8 Å². The van der Waals surface area contributed by atoms with E-state index in [0.29, 0.717) is 16.5 Å². The summed E-state index contributed by atoms with van der Waals surface area (Å²) in [7, 11) is 1.49. The van der Waals surface area contributed by atoms with Crippen LogP contribution in [0, 0.1) is 20.8 Å². The molecule has 2 aromatic carbocycles. The van der Waals surface area contributed by atoms with E-state index in [1.807, 2.05) is 57.2 Å². The molecule has 0 aliphatic carbocycles. The summed E-state index contributed by atoms with van der Waals surface area (Å²) in [5, 5.41) is 7.14. The number of aryl methyl sites for hydroxylation is 2. The van der Waals surface area contributed by atoms with Gasteiger partial charge in [-0.25, -0.2) is 5.43 Å². The second-order valence-electron chi connectivity index (χ2n) is 7.00. The number of ether oxygens (including phenoxy) is 1. The van der Waals surface area contributed by atoms with Crippen LogP contribution in [0.25, 0.3) is 5.69 Å². The summed E-state index contributed by atoms with van der Waals surface area (Å²) >= 11 is 5.97. The molecule has 3 rings (SSSR count). The minimum Gasteiger partial charge on any atom is -0.495 e. The van der Waals surface area contributed by atoms with Crippen molar-refractivity contribution < 1.29 is 14.3 Å². The molecular weight excluding hydrogens is 416 g/mol. The summed E-state index contributed by atoms with van der Waals surface area (Å²) in [6.45, 7) is 5.79. The van der Waals surface area contributed by atoms with Crippen LogP contribution in [0.2, 0.25) is 5.02 Å². The lowest BCUT2D eigenvalue weighted by atomic mass is 10.2. The summed E-state index contributed by atoms with van der Waals surface area (Å²) < 4.78 is 7.26. The summed E-state index contributed by atoms with van der Waals surface area (Å²) in [6.07, 6.45) is 1.51. The molecule has 1 heterocycles. The minimum atomic E-state index is -0.883. The summed E-state index contributed by atoms with van der Waals surface area (Å²) in [4.78, 5) is 24.3. The third-order valence-corrected chi connectivity index (χ3v) is 4.99. The molecule has 3 aromatic rings. The van der Waals surface area contributed by atoms with Gasteiger partial charge < -0.3 is 14.6 Å². The monoisotopic (exact) mass is 438 g/mol. The van der Waals surface area contributed by atoms with Crippen LogP contribution in [0.5, 0.6) is 5.75 Å². The molecule has 31 heavy (non-hydrogen) atoms. The van der Waals surface area contributed by atoms with E-state index in [1.165, 1.54) is 13.3 Å². The van der Waals surface area contributed by atoms with Crippen molar-refractivity contribution >= 4 is 35.3 Å². The van der Waals surface area contributed by atoms with E-state index in [0.717, 1.165) is 28.2 Å². The van der Waals surface area contributed by atoms with Gasteiger partial charge in [-0.15, -0.1) is 0 Å². The Balaban J connectivity index is 1.69. The number of hydrazone groups is 1. The smallest absolute Gasteiger partial charge is 0.329 e. The van der Waals surface area contributed by atoms with Crippen LogP contribution >= 0.6 is 11.6 Å². The minimum absolute atomic E-state index is 0.415. The highest BCUT2D eigenvalue weighted by Gasteiger charge is 2.16. The third-order valence-electron chi connectivity index (χ3n) is 4.73. The van der Waals surface area contributed by atoms with Crippen LogP contribution in [0.3, 0.4) is 0 Å². The van der Waals surface area contributed by atoms with E-state index in [4.69, 9.17) is 16.3 Å². The van der Waals surface area contributed by atoms with Gasteiger partial charge in [-0.05, 0) is 68.8 Å². The number of anilines is 1. The molecule has 0 fully saturated rings. The number of rotatable bonds is 5. The van der Waals surface area contributed by atoms with E-state index < -0.39 is 11.8 Å². The van der Waals surface area contributed by atoms with Gasteiger partial charge in [0.2, 0.25) is 0 Å². The lowest BCUT2D eigenvalue weighted by molar-refractivity contribution is -0.136. The molecule has 0 aliphatic heterocycles. The quantitative estimate of drug-likeness (QED) is 0.356. The van der Waals surface area contributed by atoms with Crippen LogP contribution in [0.1, 0.15) is 22.5 Å². The Morgan fingerprint density at radius 1 is 1.03 bits per heavy atom. The molecule has 0 unspecified atom stereocenters. The van der Waals surface area contributed by atoms with Crippen molar-refractivity contribution in [1.82, 2.24) is 9.99 Å². The van der Waals surface area contributed by atoms with Gasteiger partial charge in [0.1, 0.15) is 5.75 Å². The fourth-order valence-corrected chi connectivity index (χ4v) is 3.34. The van der Waals surface area contributed by atoms with Gasteiger partial charge in [-0.3, -0.25) is 9.59 Å². The first-order chi connectivity index (χ1) is 14.8. The molecule has 2 N–H and O–H groups in total. The van der Waals surface area contributed by atoms with Crippen molar-refractivity contribution in [3.05, 3.63) is 76.1 Å². The lowest BCUT2D eigenvalue weighted by Crippen LogP contribution is -2.32. The molecule has 1 aromatic heterocycles. The second kappa shape index (κ2) is 9.49. The highest BCUT2D eigenvalue weighted by Crippen LogP contribution is 2.25. The molecule has 0 spiro atoms. The fourth-order valence-electron chi connectivity index (χ4n) is 3.22. The summed E-state index contributed by atoms with van der Waals surface area (Å²) in [6, 6.07) is 14.7. The largest absolute Gasteiger partial charge is 0.495 e.